The number of aromatic nitrogens is 4. The molecule has 0 spiro atoms. The van der Waals surface area contributed by atoms with Crippen LogP contribution in [0.25, 0.3) is 10.9 Å². The molecule has 13 heavy (non-hydrogen) atoms. The van der Waals surface area contributed by atoms with Gasteiger partial charge in [0.15, 0.2) is 5.52 Å². The zero-order valence-electron chi connectivity index (χ0n) is 7.77. The zero-order valence-corrected chi connectivity index (χ0v) is 7.77. The standard InChI is InChI=1S/C8H10N4O/c1-5-6-4-9-12(3)8(13)7(6)10-11(5)2/h4H,1-3H3. The van der Waals surface area contributed by atoms with Crippen LogP contribution in [0.3, 0.4) is 0 Å². The van der Waals surface area contributed by atoms with Gasteiger partial charge in [-0.25, -0.2) is 4.68 Å². The summed E-state index contributed by atoms with van der Waals surface area (Å²) in [5.41, 5.74) is 1.29. The van der Waals surface area contributed by atoms with Crippen molar-refractivity contribution >= 4 is 10.9 Å². The molecule has 5 nitrogen and oxygen atoms in total. The maximum atomic E-state index is 11.5. The summed E-state index contributed by atoms with van der Waals surface area (Å²) in [6.45, 7) is 1.91. The van der Waals surface area contributed by atoms with E-state index < -0.39 is 0 Å². The van der Waals surface area contributed by atoms with E-state index in [0.717, 1.165) is 11.1 Å². The van der Waals surface area contributed by atoms with Gasteiger partial charge in [0, 0.05) is 25.2 Å². The molecule has 0 unspecified atom stereocenters. The minimum atomic E-state index is -0.152. The SMILES string of the molecule is Cc1c2cnn(C)c(=O)c2nn1C. The fourth-order valence-corrected chi connectivity index (χ4v) is 1.29. The normalized spacial score (nSPS) is 11.0. The number of hydrogen-bond acceptors (Lipinski definition) is 3. The molecular weight excluding hydrogens is 168 g/mol. The molecule has 0 N–H and O–H groups in total. The van der Waals surface area contributed by atoms with Crippen LogP contribution < -0.4 is 5.56 Å². The van der Waals surface area contributed by atoms with E-state index >= 15 is 0 Å². The lowest BCUT2D eigenvalue weighted by Crippen LogP contribution is -2.19. The van der Waals surface area contributed by atoms with Crippen molar-refractivity contribution in [1.82, 2.24) is 19.6 Å². The van der Waals surface area contributed by atoms with Crippen molar-refractivity contribution in [3.05, 3.63) is 22.2 Å². The third-order valence-corrected chi connectivity index (χ3v) is 2.24. The molecule has 2 rings (SSSR count). The van der Waals surface area contributed by atoms with Gasteiger partial charge >= 0.3 is 0 Å². The highest BCUT2D eigenvalue weighted by atomic mass is 16.1. The van der Waals surface area contributed by atoms with Crippen molar-refractivity contribution < 1.29 is 0 Å². The summed E-state index contributed by atoms with van der Waals surface area (Å²) in [5, 5.41) is 8.87. The summed E-state index contributed by atoms with van der Waals surface area (Å²) in [4.78, 5) is 11.5. The van der Waals surface area contributed by atoms with Crippen molar-refractivity contribution in [3.63, 3.8) is 0 Å². The molecule has 0 atom stereocenters. The van der Waals surface area contributed by atoms with Crippen LogP contribution in [0.5, 0.6) is 0 Å². The van der Waals surface area contributed by atoms with Crippen molar-refractivity contribution in [3.8, 4) is 0 Å². The average Bonchev–Trinajstić information content (AvgIpc) is 2.38. The molecule has 0 bridgehead atoms. The Morgan fingerprint density at radius 1 is 1.31 bits per heavy atom. The second kappa shape index (κ2) is 2.42. The molecule has 0 fully saturated rings. The number of aryl methyl sites for hydroxylation is 3. The topological polar surface area (TPSA) is 52.7 Å². The molecule has 0 saturated heterocycles. The maximum Gasteiger partial charge on any atom is 0.294 e. The quantitative estimate of drug-likeness (QED) is 0.569. The molecule has 68 valence electrons. The van der Waals surface area contributed by atoms with Crippen LogP contribution in [0.15, 0.2) is 11.0 Å². The highest BCUT2D eigenvalue weighted by Crippen LogP contribution is 2.10. The van der Waals surface area contributed by atoms with Crippen LogP contribution >= 0.6 is 0 Å². The Labute approximate surface area is 74.6 Å². The Hall–Kier alpha value is -1.65. The van der Waals surface area contributed by atoms with Gasteiger partial charge in [0.05, 0.1) is 6.20 Å². The minimum absolute atomic E-state index is 0.152. The van der Waals surface area contributed by atoms with E-state index in [1.807, 2.05) is 14.0 Å². The minimum Gasteiger partial charge on any atom is -0.271 e. The van der Waals surface area contributed by atoms with E-state index in [0.29, 0.717) is 5.52 Å². The van der Waals surface area contributed by atoms with E-state index in [9.17, 15) is 4.79 Å². The third kappa shape index (κ3) is 0.965. The molecule has 0 aliphatic carbocycles. The molecule has 2 aromatic rings. The predicted molar refractivity (Wildman–Crippen MR) is 48.5 cm³/mol. The average molecular weight is 178 g/mol. The van der Waals surface area contributed by atoms with Gasteiger partial charge in [-0.2, -0.15) is 10.2 Å². The molecule has 0 radical (unpaired) electrons. The Balaban J connectivity index is 3.03. The van der Waals surface area contributed by atoms with E-state index in [1.54, 1.807) is 17.9 Å². The molecule has 0 saturated carbocycles. The summed E-state index contributed by atoms with van der Waals surface area (Å²) in [5.74, 6) is 0. The van der Waals surface area contributed by atoms with E-state index in [2.05, 4.69) is 10.2 Å². The van der Waals surface area contributed by atoms with Crippen LogP contribution in [0, 0.1) is 6.92 Å². The first-order chi connectivity index (χ1) is 6.11. The van der Waals surface area contributed by atoms with Crippen molar-refractivity contribution in [1.29, 1.82) is 0 Å². The van der Waals surface area contributed by atoms with Crippen molar-refractivity contribution in [2.24, 2.45) is 14.1 Å². The van der Waals surface area contributed by atoms with E-state index in [1.165, 1.54) is 4.68 Å². The molecular formula is C8H10N4O. The molecule has 0 amide bonds. The highest BCUT2D eigenvalue weighted by molar-refractivity contribution is 5.79. The van der Waals surface area contributed by atoms with Crippen LogP contribution in [-0.4, -0.2) is 19.6 Å². The monoisotopic (exact) mass is 178 g/mol. The number of hydrogen-bond donors (Lipinski definition) is 0. The second-order valence-corrected chi connectivity index (χ2v) is 3.04. The number of nitrogens with zero attached hydrogens (tertiary/aromatic N) is 4. The predicted octanol–water partition coefficient (Wildman–Crippen LogP) is -0.0246. The lowest BCUT2D eigenvalue weighted by Gasteiger charge is -1.93. The van der Waals surface area contributed by atoms with Gasteiger partial charge in [-0.1, -0.05) is 0 Å². The Morgan fingerprint density at radius 2 is 2.00 bits per heavy atom. The van der Waals surface area contributed by atoms with Crippen LogP contribution in [-0.2, 0) is 14.1 Å². The Bertz CT molecular complexity index is 523. The van der Waals surface area contributed by atoms with Gasteiger partial charge in [0.2, 0.25) is 0 Å². The molecule has 0 aliphatic heterocycles. The summed E-state index contributed by atoms with van der Waals surface area (Å²) in [7, 11) is 3.43. The van der Waals surface area contributed by atoms with Gasteiger partial charge in [-0.05, 0) is 6.92 Å². The Kier molecular flexibility index (Phi) is 1.48. The summed E-state index contributed by atoms with van der Waals surface area (Å²) in [6.07, 6.45) is 1.67. The van der Waals surface area contributed by atoms with Gasteiger partial charge in [0.1, 0.15) is 0 Å². The third-order valence-electron chi connectivity index (χ3n) is 2.24. The highest BCUT2D eigenvalue weighted by Gasteiger charge is 2.08. The van der Waals surface area contributed by atoms with Crippen LogP contribution in [0.1, 0.15) is 5.69 Å². The maximum absolute atomic E-state index is 11.5. The van der Waals surface area contributed by atoms with Crippen molar-refractivity contribution in [2.75, 3.05) is 0 Å². The van der Waals surface area contributed by atoms with Crippen molar-refractivity contribution in [2.45, 2.75) is 6.92 Å². The van der Waals surface area contributed by atoms with E-state index in [-0.39, 0.29) is 5.56 Å². The molecule has 2 heterocycles. The zero-order chi connectivity index (χ0) is 9.59. The first-order valence-corrected chi connectivity index (χ1v) is 3.97. The molecule has 0 aliphatic rings. The van der Waals surface area contributed by atoms with Gasteiger partial charge in [-0.15, -0.1) is 0 Å². The van der Waals surface area contributed by atoms with Gasteiger partial charge in [-0.3, -0.25) is 9.48 Å². The Morgan fingerprint density at radius 3 is 2.69 bits per heavy atom. The largest absolute Gasteiger partial charge is 0.294 e. The summed E-state index contributed by atoms with van der Waals surface area (Å²) >= 11 is 0. The first kappa shape index (κ1) is 7.97. The second-order valence-electron chi connectivity index (χ2n) is 3.04. The van der Waals surface area contributed by atoms with Crippen LogP contribution in [0.4, 0.5) is 0 Å². The number of rotatable bonds is 0. The van der Waals surface area contributed by atoms with Gasteiger partial charge < -0.3 is 0 Å². The molecule has 0 aromatic carbocycles. The summed E-state index contributed by atoms with van der Waals surface area (Å²) < 4.78 is 2.97. The van der Waals surface area contributed by atoms with E-state index in [4.69, 9.17) is 0 Å². The summed E-state index contributed by atoms with van der Waals surface area (Å²) in [6, 6.07) is 0. The fraction of sp³-hybridized carbons (Fsp3) is 0.375. The first-order valence-electron chi connectivity index (χ1n) is 3.97. The molecule has 5 heteroatoms. The van der Waals surface area contributed by atoms with Crippen LogP contribution in [0.2, 0.25) is 0 Å². The lowest BCUT2D eigenvalue weighted by atomic mass is 10.3. The van der Waals surface area contributed by atoms with Gasteiger partial charge in [0.25, 0.3) is 5.56 Å². The lowest BCUT2D eigenvalue weighted by molar-refractivity contribution is 0.711. The molecule has 2 aromatic heterocycles. The number of fused-ring (bicyclic) bond motifs is 1. The smallest absolute Gasteiger partial charge is 0.271 e. The fourth-order valence-electron chi connectivity index (χ4n) is 1.29.